The average molecular weight is 251 g/mol. The zero-order valence-corrected chi connectivity index (χ0v) is 11.4. The molecule has 1 rings (SSSR count). The third-order valence-corrected chi connectivity index (χ3v) is 2.41. The van der Waals surface area contributed by atoms with Crippen molar-refractivity contribution in [1.29, 1.82) is 0 Å². The third kappa shape index (κ3) is 4.04. The van der Waals surface area contributed by atoms with Gasteiger partial charge < -0.3 is 14.8 Å². The normalized spacial score (nSPS) is 12.3. The van der Waals surface area contributed by atoms with Crippen molar-refractivity contribution in [3.8, 4) is 5.75 Å². The second-order valence-electron chi connectivity index (χ2n) is 4.25. The standard InChI is InChI=1S/C14H21NO3/c1-5-15-13(14(16)17-4)11-7-6-8-12(9-11)18-10(2)3/h6-10,13,15H,5H2,1-4H3. The Kier molecular flexibility index (Phi) is 5.65. The van der Waals surface area contributed by atoms with Gasteiger partial charge in [0.25, 0.3) is 0 Å². The third-order valence-electron chi connectivity index (χ3n) is 2.41. The first kappa shape index (κ1) is 14.5. The molecule has 1 N–H and O–H groups in total. The van der Waals surface area contributed by atoms with Crippen molar-refractivity contribution >= 4 is 5.97 Å². The summed E-state index contributed by atoms with van der Waals surface area (Å²) in [6.07, 6.45) is 0.107. The Hall–Kier alpha value is -1.55. The van der Waals surface area contributed by atoms with Crippen LogP contribution >= 0.6 is 0 Å². The fourth-order valence-electron chi connectivity index (χ4n) is 1.70. The van der Waals surface area contributed by atoms with E-state index in [2.05, 4.69) is 5.32 Å². The fourth-order valence-corrected chi connectivity index (χ4v) is 1.70. The molecule has 0 amide bonds. The number of benzene rings is 1. The number of esters is 1. The molecular weight excluding hydrogens is 230 g/mol. The monoisotopic (exact) mass is 251 g/mol. The van der Waals surface area contributed by atoms with Crippen molar-refractivity contribution in [2.75, 3.05) is 13.7 Å². The smallest absolute Gasteiger partial charge is 0.327 e. The highest BCUT2D eigenvalue weighted by Crippen LogP contribution is 2.21. The number of carbonyl (C=O) groups excluding carboxylic acids is 1. The minimum Gasteiger partial charge on any atom is -0.491 e. The highest BCUT2D eigenvalue weighted by atomic mass is 16.5. The van der Waals surface area contributed by atoms with Gasteiger partial charge in [-0.1, -0.05) is 19.1 Å². The van der Waals surface area contributed by atoms with Crippen LogP contribution in [0.25, 0.3) is 0 Å². The lowest BCUT2D eigenvalue weighted by molar-refractivity contribution is -0.143. The maximum atomic E-state index is 11.7. The van der Waals surface area contributed by atoms with Crippen molar-refractivity contribution < 1.29 is 14.3 Å². The van der Waals surface area contributed by atoms with Gasteiger partial charge in [-0.2, -0.15) is 0 Å². The second-order valence-corrected chi connectivity index (χ2v) is 4.25. The summed E-state index contributed by atoms with van der Waals surface area (Å²) in [6.45, 7) is 6.57. The van der Waals surface area contributed by atoms with Gasteiger partial charge in [0.05, 0.1) is 13.2 Å². The molecule has 4 nitrogen and oxygen atoms in total. The van der Waals surface area contributed by atoms with Crippen molar-refractivity contribution in [1.82, 2.24) is 5.32 Å². The summed E-state index contributed by atoms with van der Waals surface area (Å²) in [5, 5.41) is 3.10. The molecule has 1 aromatic rings. The Morgan fingerprint density at radius 3 is 2.67 bits per heavy atom. The largest absolute Gasteiger partial charge is 0.491 e. The zero-order chi connectivity index (χ0) is 13.5. The van der Waals surface area contributed by atoms with Crippen LogP contribution in [-0.4, -0.2) is 25.7 Å². The number of carbonyl (C=O) groups is 1. The van der Waals surface area contributed by atoms with Crippen LogP contribution in [0.1, 0.15) is 32.4 Å². The Morgan fingerprint density at radius 1 is 1.39 bits per heavy atom. The fraction of sp³-hybridized carbons (Fsp3) is 0.500. The highest BCUT2D eigenvalue weighted by Gasteiger charge is 2.20. The summed E-state index contributed by atoms with van der Waals surface area (Å²) < 4.78 is 10.4. The van der Waals surface area contributed by atoms with E-state index in [4.69, 9.17) is 9.47 Å². The summed E-state index contributed by atoms with van der Waals surface area (Å²) in [5.41, 5.74) is 0.849. The van der Waals surface area contributed by atoms with Crippen LogP contribution in [0.2, 0.25) is 0 Å². The van der Waals surface area contributed by atoms with Gasteiger partial charge in [0, 0.05) is 0 Å². The molecule has 100 valence electrons. The van der Waals surface area contributed by atoms with Gasteiger partial charge in [-0.3, -0.25) is 0 Å². The molecule has 0 aliphatic heterocycles. The average Bonchev–Trinajstić information content (AvgIpc) is 2.34. The predicted molar refractivity (Wildman–Crippen MR) is 70.6 cm³/mol. The predicted octanol–water partition coefficient (Wildman–Crippen LogP) is 2.30. The molecule has 0 saturated heterocycles. The Bertz CT molecular complexity index is 390. The van der Waals surface area contributed by atoms with Crippen molar-refractivity contribution in [3.05, 3.63) is 29.8 Å². The molecule has 1 aromatic carbocycles. The van der Waals surface area contributed by atoms with Crippen LogP contribution in [0.4, 0.5) is 0 Å². The first-order chi connectivity index (χ1) is 8.58. The molecule has 0 saturated carbocycles. The SMILES string of the molecule is CCNC(C(=O)OC)c1cccc(OC(C)C)c1. The van der Waals surface area contributed by atoms with E-state index in [1.54, 1.807) is 0 Å². The van der Waals surface area contributed by atoms with Gasteiger partial charge in [0.1, 0.15) is 11.8 Å². The highest BCUT2D eigenvalue weighted by molar-refractivity contribution is 5.77. The van der Waals surface area contributed by atoms with Gasteiger partial charge in [-0.25, -0.2) is 4.79 Å². The van der Waals surface area contributed by atoms with E-state index in [-0.39, 0.29) is 12.1 Å². The Morgan fingerprint density at radius 2 is 2.11 bits per heavy atom. The van der Waals surface area contributed by atoms with Crippen LogP contribution in [0.5, 0.6) is 5.75 Å². The molecule has 0 aliphatic carbocycles. The van der Waals surface area contributed by atoms with Crippen molar-refractivity contribution in [2.24, 2.45) is 0 Å². The van der Waals surface area contributed by atoms with Gasteiger partial charge >= 0.3 is 5.97 Å². The number of ether oxygens (including phenoxy) is 2. The first-order valence-electron chi connectivity index (χ1n) is 6.16. The second kappa shape index (κ2) is 7.01. The van der Waals surface area contributed by atoms with E-state index in [9.17, 15) is 4.79 Å². The number of nitrogens with one attached hydrogen (secondary N) is 1. The first-order valence-corrected chi connectivity index (χ1v) is 6.16. The Labute approximate surface area is 108 Å². The molecule has 0 aromatic heterocycles. The molecule has 0 heterocycles. The summed E-state index contributed by atoms with van der Waals surface area (Å²) in [7, 11) is 1.39. The van der Waals surface area contributed by atoms with Gasteiger partial charge in [-0.15, -0.1) is 0 Å². The number of likely N-dealkylation sites (N-methyl/N-ethyl adjacent to an activating group) is 1. The lowest BCUT2D eigenvalue weighted by atomic mass is 10.1. The summed E-state index contributed by atoms with van der Waals surface area (Å²) in [6, 6.07) is 7.06. The zero-order valence-electron chi connectivity index (χ0n) is 11.4. The van der Waals surface area contributed by atoms with Gasteiger partial charge in [0.2, 0.25) is 0 Å². The molecule has 4 heteroatoms. The molecule has 1 unspecified atom stereocenters. The van der Waals surface area contributed by atoms with Gasteiger partial charge in [-0.05, 0) is 38.1 Å². The summed E-state index contributed by atoms with van der Waals surface area (Å²) in [4.78, 5) is 11.7. The lowest BCUT2D eigenvalue weighted by Crippen LogP contribution is -2.29. The van der Waals surface area contributed by atoms with Crippen LogP contribution in [0, 0.1) is 0 Å². The summed E-state index contributed by atoms with van der Waals surface area (Å²) in [5.74, 6) is 0.466. The van der Waals surface area contributed by atoms with E-state index in [1.807, 2.05) is 45.0 Å². The molecule has 0 aliphatic rings. The van der Waals surface area contributed by atoms with Crippen molar-refractivity contribution in [2.45, 2.75) is 32.9 Å². The maximum absolute atomic E-state index is 11.7. The molecule has 0 radical (unpaired) electrons. The van der Waals surface area contributed by atoms with Crippen LogP contribution < -0.4 is 10.1 Å². The molecule has 0 spiro atoms. The minimum absolute atomic E-state index is 0.107. The maximum Gasteiger partial charge on any atom is 0.327 e. The van der Waals surface area contributed by atoms with E-state index >= 15 is 0 Å². The number of rotatable bonds is 6. The van der Waals surface area contributed by atoms with E-state index in [0.29, 0.717) is 6.54 Å². The topological polar surface area (TPSA) is 47.6 Å². The number of hydrogen-bond donors (Lipinski definition) is 1. The van der Waals surface area contributed by atoms with E-state index < -0.39 is 6.04 Å². The van der Waals surface area contributed by atoms with E-state index in [0.717, 1.165) is 11.3 Å². The lowest BCUT2D eigenvalue weighted by Gasteiger charge is -2.17. The van der Waals surface area contributed by atoms with Crippen LogP contribution in [-0.2, 0) is 9.53 Å². The molecule has 1 atom stereocenters. The van der Waals surface area contributed by atoms with Gasteiger partial charge in [0.15, 0.2) is 0 Å². The van der Waals surface area contributed by atoms with E-state index in [1.165, 1.54) is 7.11 Å². The van der Waals surface area contributed by atoms with Crippen LogP contribution in [0.3, 0.4) is 0 Å². The summed E-state index contributed by atoms with van der Waals surface area (Å²) >= 11 is 0. The molecule has 18 heavy (non-hydrogen) atoms. The minimum atomic E-state index is -0.448. The van der Waals surface area contributed by atoms with Crippen molar-refractivity contribution in [3.63, 3.8) is 0 Å². The molecular formula is C14H21NO3. The molecule has 0 fully saturated rings. The quantitative estimate of drug-likeness (QED) is 0.788. The number of methoxy groups -OCH3 is 1. The Balaban J connectivity index is 2.93. The van der Waals surface area contributed by atoms with Crippen LogP contribution in [0.15, 0.2) is 24.3 Å². The molecule has 0 bridgehead atoms. The number of hydrogen-bond acceptors (Lipinski definition) is 4.